The predicted molar refractivity (Wildman–Crippen MR) is 116 cm³/mol. The number of aryl methyl sites for hydroxylation is 1. The Kier molecular flexibility index (Phi) is 5.11. The number of halogens is 2. The zero-order chi connectivity index (χ0) is 20.6. The van der Waals surface area contributed by atoms with Gasteiger partial charge in [-0.25, -0.2) is 4.99 Å². The molecule has 5 nitrogen and oxygen atoms in total. The third kappa shape index (κ3) is 3.52. The predicted octanol–water partition coefficient (Wildman–Crippen LogP) is 4.96. The zero-order valence-electron chi connectivity index (χ0n) is 15.9. The third-order valence-corrected chi connectivity index (χ3v) is 5.60. The van der Waals surface area contributed by atoms with E-state index in [0.717, 1.165) is 33.6 Å². The van der Waals surface area contributed by atoms with Crippen LogP contribution in [0.5, 0.6) is 5.75 Å². The van der Waals surface area contributed by atoms with Gasteiger partial charge in [0.1, 0.15) is 12.4 Å². The topological polar surface area (TPSA) is 69.7 Å². The van der Waals surface area contributed by atoms with Gasteiger partial charge in [-0.2, -0.15) is 0 Å². The van der Waals surface area contributed by atoms with Crippen LogP contribution in [0.15, 0.2) is 59.9 Å². The number of ether oxygens (including phenoxy) is 2. The molecule has 0 saturated heterocycles. The van der Waals surface area contributed by atoms with Gasteiger partial charge in [0, 0.05) is 28.5 Å². The minimum absolute atomic E-state index is 0.152. The molecule has 0 spiro atoms. The van der Waals surface area contributed by atoms with Gasteiger partial charge in [-0.15, -0.1) is 0 Å². The van der Waals surface area contributed by atoms with Gasteiger partial charge in [0.2, 0.25) is 0 Å². The van der Waals surface area contributed by atoms with Crippen LogP contribution in [-0.4, -0.2) is 24.7 Å². The molecule has 0 bridgehead atoms. The largest absolute Gasteiger partial charge is 0.496 e. The van der Waals surface area contributed by atoms with Crippen molar-refractivity contribution in [1.82, 2.24) is 4.98 Å². The molecule has 0 fully saturated rings. The molecular formula is C22H19Cl2N3O2. The summed E-state index contributed by atoms with van der Waals surface area (Å²) in [5, 5.41) is 1.13. The summed E-state index contributed by atoms with van der Waals surface area (Å²) in [6.45, 7) is 2.28. The number of amidine groups is 1. The minimum Gasteiger partial charge on any atom is -0.496 e. The smallest absolute Gasteiger partial charge is 0.283 e. The van der Waals surface area contributed by atoms with Gasteiger partial charge in [-0.3, -0.25) is 4.98 Å². The van der Waals surface area contributed by atoms with E-state index < -0.39 is 5.54 Å². The monoisotopic (exact) mass is 427 g/mol. The van der Waals surface area contributed by atoms with Crippen LogP contribution in [-0.2, 0) is 10.3 Å². The first kappa shape index (κ1) is 19.6. The summed E-state index contributed by atoms with van der Waals surface area (Å²) < 4.78 is 11.0. The van der Waals surface area contributed by atoms with E-state index in [4.69, 9.17) is 38.4 Å². The zero-order valence-corrected chi connectivity index (χ0v) is 17.5. The molecule has 1 aliphatic heterocycles. The standard InChI is InChI=1S/C22H19Cl2N3O2/c1-13-7-15(4-6-20(13)28-2)22(12-29-21(25)27-22)16-3-5-19(24)18(9-16)14-8-17(23)11-26-10-14/h3-11H,12H2,1-2H3,(H2,25,27). The number of nitrogens with zero attached hydrogens (tertiary/aromatic N) is 2. The average Bonchev–Trinajstić information content (AvgIpc) is 3.11. The summed E-state index contributed by atoms with van der Waals surface area (Å²) in [7, 11) is 1.65. The molecule has 0 amide bonds. The van der Waals surface area contributed by atoms with Gasteiger partial charge in [-0.05, 0) is 53.9 Å². The molecule has 2 N–H and O–H groups in total. The molecule has 1 unspecified atom stereocenters. The second kappa shape index (κ2) is 7.58. The van der Waals surface area contributed by atoms with Crippen molar-refractivity contribution in [2.45, 2.75) is 12.5 Å². The van der Waals surface area contributed by atoms with E-state index in [-0.39, 0.29) is 6.02 Å². The van der Waals surface area contributed by atoms with E-state index >= 15 is 0 Å². The lowest BCUT2D eigenvalue weighted by atomic mass is 9.82. The highest BCUT2D eigenvalue weighted by Gasteiger charge is 2.40. The second-order valence-corrected chi connectivity index (χ2v) is 7.71. The van der Waals surface area contributed by atoms with E-state index in [1.54, 1.807) is 19.5 Å². The number of aliphatic imine (C=N–C) groups is 1. The molecule has 29 heavy (non-hydrogen) atoms. The number of pyridine rings is 1. The van der Waals surface area contributed by atoms with Gasteiger partial charge in [0.05, 0.1) is 12.1 Å². The van der Waals surface area contributed by atoms with E-state index in [2.05, 4.69) is 9.98 Å². The molecule has 2 aromatic carbocycles. The van der Waals surface area contributed by atoms with Crippen LogP contribution in [0.25, 0.3) is 11.1 Å². The molecule has 7 heteroatoms. The van der Waals surface area contributed by atoms with Crippen LogP contribution in [0.2, 0.25) is 10.0 Å². The number of rotatable bonds is 4. The van der Waals surface area contributed by atoms with Gasteiger partial charge < -0.3 is 15.2 Å². The molecule has 1 aliphatic rings. The van der Waals surface area contributed by atoms with Crippen molar-refractivity contribution in [1.29, 1.82) is 0 Å². The van der Waals surface area contributed by atoms with Crippen molar-refractivity contribution in [2.24, 2.45) is 10.7 Å². The van der Waals surface area contributed by atoms with Gasteiger partial charge in [0.15, 0.2) is 5.54 Å². The minimum atomic E-state index is -0.785. The molecule has 2 heterocycles. The number of benzene rings is 2. The van der Waals surface area contributed by atoms with E-state index in [0.29, 0.717) is 16.7 Å². The summed E-state index contributed by atoms with van der Waals surface area (Å²) in [6.07, 6.45) is 3.31. The molecular weight excluding hydrogens is 409 g/mol. The highest BCUT2D eigenvalue weighted by Crippen LogP contribution is 2.41. The van der Waals surface area contributed by atoms with Crippen molar-refractivity contribution >= 4 is 29.2 Å². The lowest BCUT2D eigenvalue weighted by Gasteiger charge is -2.27. The van der Waals surface area contributed by atoms with Crippen LogP contribution in [0, 0.1) is 6.92 Å². The summed E-state index contributed by atoms with van der Waals surface area (Å²) in [6, 6.07) is 13.7. The van der Waals surface area contributed by atoms with Crippen LogP contribution in [0.4, 0.5) is 0 Å². The maximum absolute atomic E-state index is 6.50. The highest BCUT2D eigenvalue weighted by atomic mass is 35.5. The van der Waals surface area contributed by atoms with Crippen LogP contribution in [0.3, 0.4) is 0 Å². The van der Waals surface area contributed by atoms with E-state index in [1.807, 2.05) is 49.4 Å². The van der Waals surface area contributed by atoms with Gasteiger partial charge in [0.25, 0.3) is 6.02 Å². The van der Waals surface area contributed by atoms with Crippen LogP contribution >= 0.6 is 23.2 Å². The maximum Gasteiger partial charge on any atom is 0.283 e. The quantitative estimate of drug-likeness (QED) is 0.638. The Morgan fingerprint density at radius 3 is 2.48 bits per heavy atom. The first-order chi connectivity index (χ1) is 13.9. The molecule has 148 valence electrons. The third-order valence-electron chi connectivity index (χ3n) is 5.06. The first-order valence-electron chi connectivity index (χ1n) is 8.97. The lowest BCUT2D eigenvalue weighted by molar-refractivity contribution is 0.278. The van der Waals surface area contributed by atoms with Crippen LogP contribution < -0.4 is 10.5 Å². The second-order valence-electron chi connectivity index (χ2n) is 6.87. The molecule has 1 atom stereocenters. The Hall–Kier alpha value is -2.76. The fourth-order valence-corrected chi connectivity index (χ4v) is 3.99. The SMILES string of the molecule is COc1ccc(C2(c3ccc(Cl)c(-c4cncc(Cl)c4)c3)COC(N)=N2)cc1C. The Balaban J connectivity index is 1.90. The number of aromatic nitrogens is 1. The normalized spacial score (nSPS) is 18.3. The molecule has 0 saturated carbocycles. The van der Waals surface area contributed by atoms with E-state index in [1.165, 1.54) is 0 Å². The van der Waals surface area contributed by atoms with Crippen molar-refractivity contribution in [3.8, 4) is 16.9 Å². The van der Waals surface area contributed by atoms with Crippen molar-refractivity contribution in [2.75, 3.05) is 13.7 Å². The van der Waals surface area contributed by atoms with Crippen LogP contribution in [0.1, 0.15) is 16.7 Å². The molecule has 1 aromatic heterocycles. The van der Waals surface area contributed by atoms with Crippen molar-refractivity contribution in [3.63, 3.8) is 0 Å². The van der Waals surface area contributed by atoms with E-state index in [9.17, 15) is 0 Å². The maximum atomic E-state index is 6.50. The summed E-state index contributed by atoms with van der Waals surface area (Å²) >= 11 is 12.6. The first-order valence-corrected chi connectivity index (χ1v) is 9.73. The Morgan fingerprint density at radius 1 is 1.07 bits per heavy atom. The van der Waals surface area contributed by atoms with Gasteiger partial charge >= 0.3 is 0 Å². The average molecular weight is 428 g/mol. The number of methoxy groups -OCH3 is 1. The van der Waals surface area contributed by atoms with Gasteiger partial charge in [-0.1, -0.05) is 35.3 Å². The number of hydrogen-bond acceptors (Lipinski definition) is 5. The molecule has 0 aliphatic carbocycles. The fraction of sp³-hybridized carbons (Fsp3) is 0.182. The Morgan fingerprint density at radius 2 is 1.83 bits per heavy atom. The lowest BCUT2D eigenvalue weighted by Crippen LogP contribution is -2.27. The summed E-state index contributed by atoms with van der Waals surface area (Å²) in [4.78, 5) is 8.86. The summed E-state index contributed by atoms with van der Waals surface area (Å²) in [5.74, 6) is 0.807. The molecule has 0 radical (unpaired) electrons. The van der Waals surface area contributed by atoms with Crippen molar-refractivity contribution in [3.05, 3.63) is 81.6 Å². The highest BCUT2D eigenvalue weighted by molar-refractivity contribution is 6.33. The number of hydrogen-bond donors (Lipinski definition) is 1. The molecule has 3 aromatic rings. The Labute approximate surface area is 179 Å². The van der Waals surface area contributed by atoms with Crippen molar-refractivity contribution < 1.29 is 9.47 Å². The Bertz CT molecular complexity index is 1120. The fourth-order valence-electron chi connectivity index (χ4n) is 3.59. The number of nitrogens with two attached hydrogens (primary N) is 1. The molecule has 4 rings (SSSR count). The summed E-state index contributed by atoms with van der Waals surface area (Å²) in [5.41, 5.74) is 9.63.